The summed E-state index contributed by atoms with van der Waals surface area (Å²) in [4.78, 5) is 7.00. The second kappa shape index (κ2) is 5.46. The van der Waals surface area contributed by atoms with Gasteiger partial charge in [-0.3, -0.25) is 4.90 Å². The predicted octanol–water partition coefficient (Wildman–Crippen LogP) is 1.09. The van der Waals surface area contributed by atoms with E-state index in [9.17, 15) is 0 Å². The van der Waals surface area contributed by atoms with E-state index in [0.29, 0.717) is 6.04 Å². The summed E-state index contributed by atoms with van der Waals surface area (Å²) in [6.07, 6.45) is 5.18. The molecule has 2 rings (SSSR count). The second-order valence-corrected chi connectivity index (χ2v) is 4.41. The van der Waals surface area contributed by atoms with Gasteiger partial charge in [0.25, 0.3) is 0 Å². The van der Waals surface area contributed by atoms with Gasteiger partial charge in [-0.25, -0.2) is 4.98 Å². The van der Waals surface area contributed by atoms with Crippen LogP contribution in [0.25, 0.3) is 0 Å². The number of aromatic nitrogens is 2. The van der Waals surface area contributed by atoms with E-state index in [-0.39, 0.29) is 0 Å². The molecule has 0 aliphatic carbocycles. The van der Waals surface area contributed by atoms with Gasteiger partial charge in [0.05, 0.1) is 6.54 Å². The van der Waals surface area contributed by atoms with Gasteiger partial charge in [-0.2, -0.15) is 0 Å². The first kappa shape index (κ1) is 11.6. The lowest BCUT2D eigenvalue weighted by molar-refractivity contribution is 0.133. The number of rotatable bonds is 6. The largest absolute Gasteiger partial charge is 0.334 e. The van der Waals surface area contributed by atoms with Crippen LogP contribution in [0.15, 0.2) is 12.4 Å². The molecule has 1 aliphatic heterocycles. The van der Waals surface area contributed by atoms with E-state index in [1.807, 2.05) is 6.20 Å². The summed E-state index contributed by atoms with van der Waals surface area (Å²) in [5.74, 6) is 1.20. The molecule has 0 atom stereocenters. The average molecular weight is 222 g/mol. The first-order valence-electron chi connectivity index (χ1n) is 6.30. The zero-order chi connectivity index (χ0) is 11.4. The Hall–Kier alpha value is -0.870. The Morgan fingerprint density at radius 1 is 1.50 bits per heavy atom. The second-order valence-electron chi connectivity index (χ2n) is 4.41. The molecule has 0 amide bonds. The number of hydrogen-bond donors (Lipinski definition) is 1. The van der Waals surface area contributed by atoms with Crippen LogP contribution in [0.1, 0.15) is 26.1 Å². The van der Waals surface area contributed by atoms with E-state index in [2.05, 4.69) is 39.8 Å². The first-order chi connectivity index (χ1) is 7.85. The summed E-state index contributed by atoms with van der Waals surface area (Å²) < 4.78 is 2.23. The lowest BCUT2D eigenvalue weighted by Crippen LogP contribution is -2.57. The Morgan fingerprint density at radius 2 is 2.31 bits per heavy atom. The van der Waals surface area contributed by atoms with Crippen LogP contribution in [0.2, 0.25) is 0 Å². The van der Waals surface area contributed by atoms with Crippen molar-refractivity contribution in [1.29, 1.82) is 0 Å². The molecule has 90 valence electrons. The van der Waals surface area contributed by atoms with Gasteiger partial charge in [0.15, 0.2) is 0 Å². The monoisotopic (exact) mass is 222 g/mol. The van der Waals surface area contributed by atoms with Crippen LogP contribution < -0.4 is 5.32 Å². The van der Waals surface area contributed by atoms with Crippen molar-refractivity contribution in [1.82, 2.24) is 19.8 Å². The molecule has 1 aromatic heterocycles. The van der Waals surface area contributed by atoms with Crippen molar-refractivity contribution in [3.63, 3.8) is 0 Å². The molecule has 0 aromatic carbocycles. The number of aryl methyl sites for hydroxylation is 1. The highest BCUT2D eigenvalue weighted by atomic mass is 15.3. The normalized spacial score (nSPS) is 16.7. The van der Waals surface area contributed by atoms with E-state index in [4.69, 9.17) is 0 Å². The quantitative estimate of drug-likeness (QED) is 0.782. The van der Waals surface area contributed by atoms with E-state index in [1.165, 1.54) is 18.8 Å². The fourth-order valence-corrected chi connectivity index (χ4v) is 2.17. The van der Waals surface area contributed by atoms with Gasteiger partial charge in [0, 0.05) is 38.1 Å². The highest BCUT2D eigenvalue weighted by molar-refractivity contribution is 4.95. The SMILES string of the molecule is CCCN(Cc1nccn1CC)C1CNC1. The molecule has 2 heterocycles. The molecule has 1 aromatic rings. The molecular formula is C12H22N4. The van der Waals surface area contributed by atoms with E-state index in [1.54, 1.807) is 0 Å². The van der Waals surface area contributed by atoms with Crippen molar-refractivity contribution in [3.05, 3.63) is 18.2 Å². The predicted molar refractivity (Wildman–Crippen MR) is 65.3 cm³/mol. The van der Waals surface area contributed by atoms with Crippen molar-refractivity contribution in [2.45, 2.75) is 39.4 Å². The van der Waals surface area contributed by atoms with E-state index >= 15 is 0 Å². The molecule has 1 N–H and O–H groups in total. The van der Waals surface area contributed by atoms with Gasteiger partial charge in [-0.1, -0.05) is 6.92 Å². The zero-order valence-corrected chi connectivity index (χ0v) is 10.3. The fraction of sp³-hybridized carbons (Fsp3) is 0.750. The highest BCUT2D eigenvalue weighted by Crippen LogP contribution is 2.11. The molecule has 4 nitrogen and oxygen atoms in total. The Labute approximate surface area is 97.7 Å². The summed E-state index contributed by atoms with van der Waals surface area (Å²) >= 11 is 0. The highest BCUT2D eigenvalue weighted by Gasteiger charge is 2.24. The first-order valence-corrected chi connectivity index (χ1v) is 6.30. The van der Waals surface area contributed by atoms with Crippen molar-refractivity contribution in [2.24, 2.45) is 0 Å². The van der Waals surface area contributed by atoms with Crippen LogP contribution in [0, 0.1) is 0 Å². The maximum Gasteiger partial charge on any atom is 0.122 e. The van der Waals surface area contributed by atoms with Crippen molar-refractivity contribution in [3.8, 4) is 0 Å². The minimum atomic E-state index is 0.710. The van der Waals surface area contributed by atoms with Gasteiger partial charge in [0.1, 0.15) is 5.82 Å². The molecule has 4 heteroatoms. The molecular weight excluding hydrogens is 200 g/mol. The molecule has 1 saturated heterocycles. The maximum atomic E-state index is 4.45. The van der Waals surface area contributed by atoms with Crippen molar-refractivity contribution < 1.29 is 0 Å². The third kappa shape index (κ3) is 2.44. The number of nitrogens with zero attached hydrogens (tertiary/aromatic N) is 3. The maximum absolute atomic E-state index is 4.45. The van der Waals surface area contributed by atoms with Gasteiger partial charge in [0.2, 0.25) is 0 Å². The third-order valence-corrected chi connectivity index (χ3v) is 3.27. The van der Waals surface area contributed by atoms with Crippen LogP contribution in [-0.2, 0) is 13.1 Å². The van der Waals surface area contributed by atoms with E-state index in [0.717, 1.165) is 26.2 Å². The van der Waals surface area contributed by atoms with Gasteiger partial charge in [-0.05, 0) is 19.9 Å². The smallest absolute Gasteiger partial charge is 0.122 e. The van der Waals surface area contributed by atoms with Crippen molar-refractivity contribution in [2.75, 3.05) is 19.6 Å². The molecule has 0 saturated carbocycles. The van der Waals surface area contributed by atoms with Gasteiger partial charge in [-0.15, -0.1) is 0 Å². The van der Waals surface area contributed by atoms with Crippen LogP contribution in [-0.4, -0.2) is 40.1 Å². The third-order valence-electron chi connectivity index (χ3n) is 3.27. The fourth-order valence-electron chi connectivity index (χ4n) is 2.17. The van der Waals surface area contributed by atoms with E-state index < -0.39 is 0 Å². The molecule has 16 heavy (non-hydrogen) atoms. The summed E-state index contributed by atoms with van der Waals surface area (Å²) in [5, 5.41) is 3.34. The van der Waals surface area contributed by atoms with Gasteiger partial charge >= 0.3 is 0 Å². The topological polar surface area (TPSA) is 33.1 Å². The summed E-state index contributed by atoms with van der Waals surface area (Å²) in [5.41, 5.74) is 0. The molecule has 1 aliphatic rings. The Kier molecular flexibility index (Phi) is 3.96. The average Bonchev–Trinajstić information content (AvgIpc) is 2.63. The molecule has 1 fully saturated rings. The Balaban J connectivity index is 1.98. The van der Waals surface area contributed by atoms with Crippen LogP contribution in [0.3, 0.4) is 0 Å². The van der Waals surface area contributed by atoms with Crippen LogP contribution in [0.5, 0.6) is 0 Å². The molecule has 0 spiro atoms. The molecule has 0 radical (unpaired) electrons. The summed E-state index contributed by atoms with van der Waals surface area (Å²) in [6.45, 7) is 9.84. The lowest BCUT2D eigenvalue weighted by atomic mass is 10.1. The Bertz CT molecular complexity index is 317. The van der Waals surface area contributed by atoms with Crippen LogP contribution >= 0.6 is 0 Å². The minimum absolute atomic E-state index is 0.710. The van der Waals surface area contributed by atoms with Gasteiger partial charge < -0.3 is 9.88 Å². The summed E-state index contributed by atoms with van der Waals surface area (Å²) in [7, 11) is 0. The zero-order valence-electron chi connectivity index (χ0n) is 10.3. The van der Waals surface area contributed by atoms with Crippen LogP contribution in [0.4, 0.5) is 0 Å². The number of hydrogen-bond acceptors (Lipinski definition) is 3. The Morgan fingerprint density at radius 3 is 2.88 bits per heavy atom. The van der Waals surface area contributed by atoms with Crippen molar-refractivity contribution >= 4 is 0 Å². The number of nitrogens with one attached hydrogen (secondary N) is 1. The molecule has 0 unspecified atom stereocenters. The minimum Gasteiger partial charge on any atom is -0.334 e. The number of imidazole rings is 1. The molecule has 0 bridgehead atoms. The standard InChI is InChI=1S/C12H22N4/c1-3-6-16(11-8-13-9-11)10-12-14-5-7-15(12)4-2/h5,7,11,13H,3-4,6,8-10H2,1-2H3. The summed E-state index contributed by atoms with van der Waals surface area (Å²) in [6, 6.07) is 0.710. The lowest BCUT2D eigenvalue weighted by Gasteiger charge is -2.38.